The zero-order valence-corrected chi connectivity index (χ0v) is 17.0. The van der Waals surface area contributed by atoms with E-state index >= 15 is 0 Å². The smallest absolute Gasteiger partial charge is 0.763 e. The predicted molar refractivity (Wildman–Crippen MR) is 70.0 cm³/mol. The molecule has 1 heterocycles. The summed E-state index contributed by atoms with van der Waals surface area (Å²) >= 11 is 1.48. The van der Waals surface area contributed by atoms with Crippen molar-refractivity contribution in [3.63, 3.8) is 0 Å². The third-order valence-corrected chi connectivity index (χ3v) is 5.80. The van der Waals surface area contributed by atoms with Crippen molar-refractivity contribution in [2.75, 3.05) is 19.0 Å². The number of sulfonamides is 1. The molecule has 0 amide bonds. The number of hydrogen-bond acceptors (Lipinski definition) is 6. The summed E-state index contributed by atoms with van der Waals surface area (Å²) in [5.41, 5.74) is -4.76. The second kappa shape index (κ2) is 9.43. The Balaban J connectivity index is 0.00000441. The molecule has 13 heteroatoms. The molecule has 1 aromatic heterocycles. The van der Waals surface area contributed by atoms with E-state index in [1.54, 1.807) is 0 Å². The van der Waals surface area contributed by atoms with Gasteiger partial charge < -0.3 is 9.29 Å². The van der Waals surface area contributed by atoms with Crippen molar-refractivity contribution in [2.24, 2.45) is 3.77 Å². The first-order chi connectivity index (χ1) is 9.54. The van der Waals surface area contributed by atoms with E-state index in [1.165, 1.54) is 11.3 Å². The first-order valence-electron chi connectivity index (χ1n) is 5.40. The Kier molecular flexibility index (Phi) is 9.84. The molecule has 1 rings (SSSR count). The minimum atomic E-state index is -6.05. The van der Waals surface area contributed by atoms with Crippen molar-refractivity contribution in [2.45, 2.75) is 11.9 Å². The maximum Gasteiger partial charge on any atom is 1.00 e. The Hall–Kier alpha value is 0.946. The predicted octanol–water partition coefficient (Wildman–Crippen LogP) is -1.24. The molecule has 6 nitrogen and oxygen atoms in total. The number of nitrogens with zero attached hydrogens (tertiary/aromatic N) is 1. The Morgan fingerprint density at radius 1 is 1.27 bits per heavy atom. The summed E-state index contributed by atoms with van der Waals surface area (Å²) in [6.45, 7) is -0.276. The van der Waals surface area contributed by atoms with Gasteiger partial charge in [-0.25, -0.2) is 0 Å². The molecular formula is C9H11F3KNO5S3. The maximum atomic E-state index is 12.0. The van der Waals surface area contributed by atoms with Crippen LogP contribution in [0.4, 0.5) is 13.2 Å². The third-order valence-electron chi connectivity index (χ3n) is 2.10. The molecule has 0 fully saturated rings. The van der Waals surface area contributed by atoms with E-state index in [-0.39, 0.29) is 58.0 Å². The largest absolute Gasteiger partial charge is 1.00 e. The van der Waals surface area contributed by atoms with Gasteiger partial charge in [0.1, 0.15) is 0 Å². The minimum absolute atomic E-state index is 0. The molecule has 0 aliphatic rings. The summed E-state index contributed by atoms with van der Waals surface area (Å²) < 4.78 is 86.3. The molecule has 0 bridgehead atoms. The van der Waals surface area contributed by atoms with Gasteiger partial charge in [0.15, 0.2) is 0 Å². The van der Waals surface area contributed by atoms with Crippen molar-refractivity contribution in [3.05, 3.63) is 22.4 Å². The standard InChI is InChI=1S/C9H12F3NO5S3.K/c10-9(11,12)21(16,17)13-20(14,15)6-4-18-3-1-8-2-5-19-7-8;/h2,5,7H,1,3-4,6H2,(H,13,14,15);/q;+1/p-1. The summed E-state index contributed by atoms with van der Waals surface area (Å²) in [6.07, 6.45) is 0.515. The van der Waals surface area contributed by atoms with Gasteiger partial charge in [-0.1, -0.05) is 0 Å². The summed E-state index contributed by atoms with van der Waals surface area (Å²) in [7, 11) is -10.8. The van der Waals surface area contributed by atoms with Crippen LogP contribution < -0.4 is 51.4 Å². The fourth-order valence-corrected chi connectivity index (χ4v) is 3.98. The summed E-state index contributed by atoms with van der Waals surface area (Å²) in [5, 5.41) is 3.71. The van der Waals surface area contributed by atoms with E-state index in [0.717, 1.165) is 5.56 Å². The molecule has 1 atom stereocenters. The Bertz CT molecular complexity index is 665. The van der Waals surface area contributed by atoms with Crippen LogP contribution in [0.5, 0.6) is 0 Å². The van der Waals surface area contributed by atoms with E-state index in [2.05, 4.69) is 0 Å². The van der Waals surface area contributed by atoms with Crippen LogP contribution in [0.15, 0.2) is 20.6 Å². The van der Waals surface area contributed by atoms with Gasteiger partial charge in [0, 0.05) is 15.8 Å². The molecule has 0 radical (unpaired) electrons. The third kappa shape index (κ3) is 8.17. The van der Waals surface area contributed by atoms with E-state index in [9.17, 15) is 30.4 Å². The second-order valence-electron chi connectivity index (χ2n) is 3.78. The first kappa shape index (κ1) is 22.9. The number of hydrogen-bond donors (Lipinski definition) is 0. The molecule has 0 saturated carbocycles. The Labute approximate surface area is 172 Å². The normalized spacial score (nSPS) is 14.9. The molecule has 0 aliphatic carbocycles. The molecule has 1 unspecified atom stereocenters. The van der Waals surface area contributed by atoms with Gasteiger partial charge in [-0.05, 0) is 28.8 Å². The molecular weight excluding hydrogens is 394 g/mol. The average Bonchev–Trinajstić information content (AvgIpc) is 2.78. The van der Waals surface area contributed by atoms with Crippen LogP contribution >= 0.6 is 11.3 Å². The minimum Gasteiger partial charge on any atom is -0.763 e. The van der Waals surface area contributed by atoms with Crippen LogP contribution in [0.2, 0.25) is 0 Å². The number of alkyl halides is 3. The van der Waals surface area contributed by atoms with Gasteiger partial charge >= 0.3 is 66.9 Å². The van der Waals surface area contributed by atoms with Gasteiger partial charge in [0.25, 0.3) is 0 Å². The topological polar surface area (TPSA) is 95.9 Å². The number of rotatable bonds is 7. The Morgan fingerprint density at radius 3 is 2.41 bits per heavy atom. The number of halogens is 3. The fraction of sp³-hybridized carbons (Fsp3) is 0.556. The molecule has 0 aliphatic heterocycles. The quantitative estimate of drug-likeness (QED) is 0.418. The van der Waals surface area contributed by atoms with Gasteiger partial charge in [-0.15, -0.1) is 3.77 Å². The number of ether oxygens (including phenoxy) is 1. The van der Waals surface area contributed by atoms with Crippen LogP contribution in [-0.2, 0) is 31.2 Å². The van der Waals surface area contributed by atoms with Gasteiger partial charge in [0.05, 0.1) is 13.2 Å². The molecule has 0 N–H and O–H groups in total. The van der Waals surface area contributed by atoms with Crippen molar-refractivity contribution >= 4 is 31.4 Å². The van der Waals surface area contributed by atoms with Crippen molar-refractivity contribution in [1.82, 2.24) is 0 Å². The average molecular weight is 405 g/mol. The van der Waals surface area contributed by atoms with Gasteiger partial charge in [-0.2, -0.15) is 32.9 Å². The van der Waals surface area contributed by atoms with Crippen molar-refractivity contribution in [1.29, 1.82) is 0 Å². The van der Waals surface area contributed by atoms with Crippen LogP contribution in [0.1, 0.15) is 5.56 Å². The summed E-state index contributed by atoms with van der Waals surface area (Å²) in [6, 6.07) is 1.84. The summed E-state index contributed by atoms with van der Waals surface area (Å²) in [5.74, 6) is -0.939. The zero-order valence-electron chi connectivity index (χ0n) is 11.4. The molecule has 1 aromatic rings. The molecule has 0 saturated heterocycles. The van der Waals surface area contributed by atoms with Crippen LogP contribution in [0.3, 0.4) is 0 Å². The molecule has 122 valence electrons. The number of thiophene rings is 1. The van der Waals surface area contributed by atoms with Crippen LogP contribution in [-0.4, -0.2) is 41.7 Å². The zero-order chi connectivity index (χ0) is 16.1. The molecule has 0 spiro atoms. The van der Waals surface area contributed by atoms with Crippen LogP contribution in [0, 0.1) is 0 Å². The van der Waals surface area contributed by atoms with Crippen molar-refractivity contribution < 1.29 is 86.5 Å². The van der Waals surface area contributed by atoms with E-state index in [4.69, 9.17) is 4.74 Å². The molecule has 0 aromatic carbocycles. The Morgan fingerprint density at radius 2 is 1.91 bits per heavy atom. The maximum absolute atomic E-state index is 12.0. The SMILES string of the molecule is O=S(=O)(N=S(=O)([O-])CCOCCc1ccsc1)C(F)(F)F.[K+]. The molecule has 22 heavy (non-hydrogen) atoms. The van der Waals surface area contributed by atoms with Crippen molar-refractivity contribution in [3.8, 4) is 0 Å². The van der Waals surface area contributed by atoms with Crippen LogP contribution in [0.25, 0.3) is 0 Å². The first-order valence-corrected chi connectivity index (χ1v) is 9.40. The van der Waals surface area contributed by atoms with E-state index < -0.39 is 37.9 Å². The monoisotopic (exact) mass is 405 g/mol. The second-order valence-corrected chi connectivity index (χ2v) is 8.14. The van der Waals surface area contributed by atoms with Gasteiger partial charge in [-0.3, -0.25) is 4.21 Å². The van der Waals surface area contributed by atoms with E-state index in [0.29, 0.717) is 6.42 Å². The summed E-state index contributed by atoms with van der Waals surface area (Å²) in [4.78, 5) is 0. The van der Waals surface area contributed by atoms with E-state index in [1.807, 2.05) is 20.6 Å². The fourth-order valence-electron chi connectivity index (χ4n) is 1.12. The van der Waals surface area contributed by atoms with Gasteiger partial charge in [0.2, 0.25) is 0 Å².